The molecule has 0 saturated carbocycles. The van der Waals surface area contributed by atoms with Gasteiger partial charge >= 0.3 is 0 Å². The van der Waals surface area contributed by atoms with E-state index in [0.29, 0.717) is 106 Å². The van der Waals surface area contributed by atoms with E-state index in [1.54, 1.807) is 37.3 Å². The van der Waals surface area contributed by atoms with Gasteiger partial charge in [0.1, 0.15) is 13.2 Å². The number of fused-ring (bicyclic) bond motifs is 8. The van der Waals surface area contributed by atoms with E-state index in [1.807, 2.05) is 111 Å². The number of carbonyl (C=O) groups excluding carboxylic acids is 5. The minimum absolute atomic E-state index is 0.0436. The molecule has 0 saturated heterocycles. The van der Waals surface area contributed by atoms with E-state index in [0.717, 1.165) is 39.3 Å². The Kier molecular flexibility index (Phi) is 22.7. The van der Waals surface area contributed by atoms with Crippen molar-refractivity contribution < 1.29 is 66.9 Å². The molecule has 0 aromatic heterocycles. The predicted molar refractivity (Wildman–Crippen MR) is 331 cm³/mol. The van der Waals surface area contributed by atoms with Gasteiger partial charge in [0.25, 0.3) is 5.91 Å². The molecule has 470 valence electrons. The normalized spacial score (nSPS) is 17.9. The zero-order valence-electron chi connectivity index (χ0n) is 51.0. The van der Waals surface area contributed by atoms with E-state index >= 15 is 0 Å². The first-order valence-electron chi connectivity index (χ1n) is 29.9. The van der Waals surface area contributed by atoms with Crippen molar-refractivity contribution >= 4 is 64.7 Å². The molecule has 88 heavy (non-hydrogen) atoms. The maximum Gasteiger partial charge on any atom is 0.261 e. The zero-order chi connectivity index (χ0) is 62.0. The van der Waals surface area contributed by atoms with Crippen LogP contribution in [0.1, 0.15) is 66.2 Å². The summed E-state index contributed by atoms with van der Waals surface area (Å²) in [5, 5.41) is 11.1. The summed E-state index contributed by atoms with van der Waals surface area (Å²) in [4.78, 5) is 92.2. The van der Waals surface area contributed by atoms with Gasteiger partial charge < -0.3 is 64.2 Å². The molecular weight excluding hydrogens is 1130 g/mol. The molecule has 5 aliphatic rings. The number of ether oxygens (including phenoxy) is 7. The van der Waals surface area contributed by atoms with E-state index < -0.39 is 17.6 Å². The molecule has 4 aromatic rings. The second-order valence-electron chi connectivity index (χ2n) is 22.6. The quantitative estimate of drug-likeness (QED) is 0.0262. The lowest BCUT2D eigenvalue weighted by molar-refractivity contribution is -0.347. The number of hydrogen-bond donors (Lipinski definition) is 4. The number of nitrogens with zero attached hydrogens (tertiary/aromatic N) is 5. The number of aliphatic imine (C=N–C) groups is 2. The SMILES string of the molecule is COCCOCCOCCN(CCCC(=O)NCCNCC(=O)NCC(=O)NCCOOC(C)(C)C)c1cc(COC2=CC3N=CC4Cc5ccccc5N4C(=O)C3C=C2OC)cc(COc2cc3c(cc2OC)C(=O)N2c4ccccc4CC2C=N3)c1. The average molecular weight is 1210 g/mol. The molecule has 23 heteroatoms. The fraction of sp³-hybridized carbons (Fsp3) is 0.462. The zero-order valence-corrected chi connectivity index (χ0v) is 51.0. The molecule has 4 unspecified atom stereocenters. The van der Waals surface area contributed by atoms with Gasteiger partial charge in [-0.2, -0.15) is 0 Å². The van der Waals surface area contributed by atoms with Crippen LogP contribution >= 0.6 is 0 Å². The summed E-state index contributed by atoms with van der Waals surface area (Å²) in [5.41, 5.74) is 6.70. The van der Waals surface area contributed by atoms with Gasteiger partial charge in [-0.05, 0) is 98.0 Å². The molecule has 23 nitrogen and oxygen atoms in total. The molecule has 4 aromatic carbocycles. The fourth-order valence-electron chi connectivity index (χ4n) is 10.9. The maximum atomic E-state index is 14.3. The summed E-state index contributed by atoms with van der Waals surface area (Å²) in [6.45, 7) is 9.36. The van der Waals surface area contributed by atoms with E-state index in [4.69, 9.17) is 52.9 Å². The number of rotatable bonds is 33. The van der Waals surface area contributed by atoms with E-state index in [2.05, 4.69) is 26.2 Å². The summed E-state index contributed by atoms with van der Waals surface area (Å²) in [6.07, 6.45) is 9.37. The van der Waals surface area contributed by atoms with Gasteiger partial charge in [0.2, 0.25) is 23.6 Å². The Balaban J connectivity index is 0.884. The van der Waals surface area contributed by atoms with E-state index in [9.17, 15) is 24.0 Å². The van der Waals surface area contributed by atoms with Gasteiger partial charge in [-0.15, -0.1) is 0 Å². The van der Waals surface area contributed by atoms with Crippen LogP contribution in [-0.2, 0) is 78.7 Å². The Bertz CT molecular complexity index is 3230. The highest BCUT2D eigenvalue weighted by atomic mass is 17.2. The molecule has 0 spiro atoms. The summed E-state index contributed by atoms with van der Waals surface area (Å²) >= 11 is 0. The molecule has 5 amide bonds. The highest BCUT2D eigenvalue weighted by Gasteiger charge is 2.43. The van der Waals surface area contributed by atoms with E-state index in [1.165, 1.54) is 7.11 Å². The minimum Gasteiger partial charge on any atom is -0.493 e. The van der Waals surface area contributed by atoms with Crippen molar-refractivity contribution in [3.63, 3.8) is 0 Å². The molecule has 4 N–H and O–H groups in total. The Labute approximate surface area is 513 Å². The van der Waals surface area contributed by atoms with Crippen molar-refractivity contribution in [1.29, 1.82) is 0 Å². The highest BCUT2D eigenvalue weighted by molar-refractivity contribution is 6.15. The summed E-state index contributed by atoms with van der Waals surface area (Å²) in [5.74, 6) is -0.118. The Morgan fingerprint density at radius 3 is 2.07 bits per heavy atom. The van der Waals surface area contributed by atoms with Crippen LogP contribution in [0, 0.1) is 5.92 Å². The van der Waals surface area contributed by atoms with Crippen molar-refractivity contribution in [2.75, 3.05) is 121 Å². The van der Waals surface area contributed by atoms with Crippen LogP contribution < -0.4 is 45.4 Å². The molecule has 4 atom stereocenters. The first-order valence-corrected chi connectivity index (χ1v) is 29.9. The minimum atomic E-state index is -0.603. The molecule has 1 aliphatic carbocycles. The van der Waals surface area contributed by atoms with Crippen LogP contribution in [0.5, 0.6) is 11.5 Å². The van der Waals surface area contributed by atoms with Crippen LogP contribution in [0.15, 0.2) is 113 Å². The molecule has 0 fully saturated rings. The second-order valence-corrected chi connectivity index (χ2v) is 22.6. The first kappa shape index (κ1) is 64.3. The van der Waals surface area contributed by atoms with Crippen LogP contribution in [0.2, 0.25) is 0 Å². The summed E-state index contributed by atoms with van der Waals surface area (Å²) < 4.78 is 41.9. The number of amides is 5. The van der Waals surface area contributed by atoms with Gasteiger partial charge in [0.15, 0.2) is 23.0 Å². The number of nitrogens with one attached hydrogen (secondary N) is 4. The van der Waals surface area contributed by atoms with E-state index in [-0.39, 0.29) is 94.0 Å². The summed E-state index contributed by atoms with van der Waals surface area (Å²) in [6, 6.07) is 24.4. The smallest absolute Gasteiger partial charge is 0.261 e. The first-order chi connectivity index (χ1) is 42.7. The number of benzene rings is 4. The Morgan fingerprint density at radius 1 is 0.659 bits per heavy atom. The van der Waals surface area contributed by atoms with Gasteiger partial charge in [0, 0.05) is 94.7 Å². The second kappa shape index (κ2) is 31.1. The van der Waals surface area contributed by atoms with Crippen molar-refractivity contribution in [2.24, 2.45) is 15.9 Å². The van der Waals surface area contributed by atoms with Crippen LogP contribution in [0.4, 0.5) is 22.7 Å². The molecular formula is C65H81N9O14. The van der Waals surface area contributed by atoms with Gasteiger partial charge in [0.05, 0.1) is 108 Å². The maximum absolute atomic E-state index is 14.3. The van der Waals surface area contributed by atoms with Crippen molar-refractivity contribution in [2.45, 2.75) is 83.4 Å². The van der Waals surface area contributed by atoms with Crippen LogP contribution in [0.25, 0.3) is 0 Å². The third-order valence-electron chi connectivity index (χ3n) is 15.1. The third-order valence-corrected chi connectivity index (χ3v) is 15.1. The summed E-state index contributed by atoms with van der Waals surface area (Å²) in [7, 11) is 4.71. The predicted octanol–water partition coefficient (Wildman–Crippen LogP) is 5.48. The topological polar surface area (TPSA) is 251 Å². The molecule has 0 bridgehead atoms. The molecule has 9 rings (SSSR count). The molecule has 4 heterocycles. The van der Waals surface area contributed by atoms with Crippen LogP contribution in [-0.4, -0.2) is 172 Å². The molecule has 4 aliphatic heterocycles. The highest BCUT2D eigenvalue weighted by Crippen LogP contribution is 2.42. The van der Waals surface area contributed by atoms with Crippen LogP contribution in [0.3, 0.4) is 0 Å². The van der Waals surface area contributed by atoms with Crippen molar-refractivity contribution in [1.82, 2.24) is 21.3 Å². The van der Waals surface area contributed by atoms with Crippen molar-refractivity contribution in [3.05, 3.63) is 130 Å². The van der Waals surface area contributed by atoms with Crippen molar-refractivity contribution in [3.8, 4) is 11.5 Å². The lowest BCUT2D eigenvalue weighted by atomic mass is 9.92. The average Bonchev–Trinajstić information content (AvgIpc) is 2.07. The van der Waals surface area contributed by atoms with Gasteiger partial charge in [-0.25, -0.2) is 9.78 Å². The monoisotopic (exact) mass is 1210 g/mol. The lowest BCUT2D eigenvalue weighted by Crippen LogP contribution is -2.42. The number of para-hydroxylation sites is 2. The number of anilines is 3. The Morgan fingerprint density at radius 2 is 1.34 bits per heavy atom. The lowest BCUT2D eigenvalue weighted by Gasteiger charge is -2.28. The largest absolute Gasteiger partial charge is 0.493 e. The van der Waals surface area contributed by atoms with Gasteiger partial charge in [-0.3, -0.25) is 38.9 Å². The third kappa shape index (κ3) is 17.1. The number of hydrogen-bond acceptors (Lipinski definition) is 18. The number of carbonyl (C=O) groups is 5. The fourth-order valence-corrected chi connectivity index (χ4v) is 10.9. The van der Waals surface area contributed by atoms with Gasteiger partial charge in [-0.1, -0.05) is 36.4 Å². The molecule has 0 radical (unpaired) electrons. The number of methoxy groups -OCH3 is 3. The standard InChI is InChI=1S/C65H81N9O14/c1-65(2,3)88-87-22-19-68-62(77)40-71-61(76)39-66-17-18-67-60(75)16-11-20-72(21-23-83-26-27-84-25-24-80-4)47-29-43(41-85-58-35-52-50(33-56(58)81-5)63(78)73-48(37-69-52)31-45-12-7-9-14-54(45)73)28-44(30-47)42-86-59-36-53-51(34-57(59)82-6)64(79)74-49(38-70-53)32-46-13-8-10-15-55(46)74/h7-10,12-15,28-30,33-38,48-50,52,66H,11,16-27,31-32,39-42H2,1-6H3,(H,67,75)(H,68,77)(H,71,76). The Hall–Kier alpha value is -8.19.